The van der Waals surface area contributed by atoms with Crippen molar-refractivity contribution < 1.29 is 19.4 Å². The molecule has 0 saturated heterocycles. The molecule has 5 heteroatoms. The number of aliphatic hydroxyl groups excluding tert-OH is 1. The summed E-state index contributed by atoms with van der Waals surface area (Å²) in [5.41, 5.74) is 1.68. The highest BCUT2D eigenvalue weighted by atomic mass is 16.5. The van der Waals surface area contributed by atoms with Crippen molar-refractivity contribution in [1.82, 2.24) is 0 Å². The first-order valence-corrected chi connectivity index (χ1v) is 6.86. The van der Waals surface area contributed by atoms with E-state index in [9.17, 15) is 9.90 Å². The molecular weight excluding hydrogens is 282 g/mol. The van der Waals surface area contributed by atoms with Gasteiger partial charge in [0, 0.05) is 5.56 Å². The van der Waals surface area contributed by atoms with Gasteiger partial charge in [-0.1, -0.05) is 12.1 Å². The Balaban J connectivity index is 2.28. The fourth-order valence-electron chi connectivity index (χ4n) is 2.04. The molecule has 0 aliphatic heterocycles. The molecule has 116 valence electrons. The lowest BCUT2D eigenvalue weighted by molar-refractivity contribution is 0.102. The van der Waals surface area contributed by atoms with Crippen LogP contribution in [0.2, 0.25) is 0 Å². The standard InChI is InChI=1S/C17H19NO4/c1-11(19)12-7-8-16(22-3)15(10-12)18-17(20)13-5-4-6-14(9-13)21-2/h4-11,19H,1-3H3,(H,18,20). The van der Waals surface area contributed by atoms with Crippen LogP contribution in [0, 0.1) is 0 Å². The summed E-state index contributed by atoms with van der Waals surface area (Å²) in [5.74, 6) is 0.859. The van der Waals surface area contributed by atoms with Gasteiger partial charge in [0.2, 0.25) is 0 Å². The molecule has 5 nitrogen and oxygen atoms in total. The van der Waals surface area contributed by atoms with Crippen molar-refractivity contribution in [1.29, 1.82) is 0 Å². The maximum Gasteiger partial charge on any atom is 0.255 e. The molecule has 0 heterocycles. The first-order valence-electron chi connectivity index (χ1n) is 6.86. The molecule has 1 atom stereocenters. The number of carbonyl (C=O) groups excluding carboxylic acids is 1. The molecule has 2 aromatic rings. The third kappa shape index (κ3) is 3.56. The second-order valence-electron chi connectivity index (χ2n) is 4.82. The van der Waals surface area contributed by atoms with E-state index in [1.807, 2.05) is 0 Å². The Labute approximate surface area is 129 Å². The first kappa shape index (κ1) is 15.9. The minimum absolute atomic E-state index is 0.278. The molecule has 2 N–H and O–H groups in total. The van der Waals surface area contributed by atoms with Gasteiger partial charge >= 0.3 is 0 Å². The number of carbonyl (C=O) groups is 1. The number of nitrogens with one attached hydrogen (secondary N) is 1. The largest absolute Gasteiger partial charge is 0.497 e. The van der Waals surface area contributed by atoms with E-state index in [1.165, 1.54) is 7.11 Å². The lowest BCUT2D eigenvalue weighted by Crippen LogP contribution is -2.13. The van der Waals surface area contributed by atoms with Crippen LogP contribution < -0.4 is 14.8 Å². The van der Waals surface area contributed by atoms with Crippen molar-refractivity contribution in [2.45, 2.75) is 13.0 Å². The fraction of sp³-hybridized carbons (Fsp3) is 0.235. The van der Waals surface area contributed by atoms with E-state index in [2.05, 4.69) is 5.32 Å². The van der Waals surface area contributed by atoms with Gasteiger partial charge in [0.25, 0.3) is 5.91 Å². The number of benzene rings is 2. The quantitative estimate of drug-likeness (QED) is 0.891. The number of ether oxygens (including phenoxy) is 2. The Bertz CT molecular complexity index is 667. The summed E-state index contributed by atoms with van der Waals surface area (Å²) in [5, 5.41) is 12.5. The van der Waals surface area contributed by atoms with Crippen LogP contribution in [-0.2, 0) is 0 Å². The van der Waals surface area contributed by atoms with Gasteiger partial charge in [0.1, 0.15) is 11.5 Å². The highest BCUT2D eigenvalue weighted by Crippen LogP contribution is 2.28. The summed E-state index contributed by atoms with van der Waals surface area (Å²) in [4.78, 5) is 12.3. The molecular formula is C17H19NO4. The van der Waals surface area contributed by atoms with E-state index in [4.69, 9.17) is 9.47 Å². The Hall–Kier alpha value is -2.53. The van der Waals surface area contributed by atoms with Crippen molar-refractivity contribution in [3.05, 3.63) is 53.6 Å². The summed E-state index contributed by atoms with van der Waals surface area (Å²) in [6.45, 7) is 1.66. The molecule has 2 aromatic carbocycles. The van der Waals surface area contributed by atoms with Crippen molar-refractivity contribution in [3.8, 4) is 11.5 Å². The zero-order valence-corrected chi connectivity index (χ0v) is 12.8. The van der Waals surface area contributed by atoms with Crippen molar-refractivity contribution in [2.75, 3.05) is 19.5 Å². The SMILES string of the molecule is COc1cccc(C(=O)Nc2cc(C(C)O)ccc2OC)c1. The zero-order valence-electron chi connectivity index (χ0n) is 12.8. The molecule has 1 amide bonds. The monoisotopic (exact) mass is 301 g/mol. The van der Waals surface area contributed by atoms with Gasteiger partial charge in [-0.15, -0.1) is 0 Å². The van der Waals surface area contributed by atoms with Crippen LogP contribution in [0.5, 0.6) is 11.5 Å². The smallest absolute Gasteiger partial charge is 0.255 e. The molecule has 1 unspecified atom stereocenters. The van der Waals surface area contributed by atoms with E-state index >= 15 is 0 Å². The van der Waals surface area contributed by atoms with Gasteiger partial charge in [-0.2, -0.15) is 0 Å². The number of hydrogen-bond donors (Lipinski definition) is 2. The minimum atomic E-state index is -0.627. The van der Waals surface area contributed by atoms with Gasteiger partial charge in [-0.25, -0.2) is 0 Å². The van der Waals surface area contributed by atoms with E-state index < -0.39 is 6.10 Å². The second kappa shape index (κ2) is 6.95. The predicted molar refractivity (Wildman–Crippen MR) is 84.6 cm³/mol. The molecule has 0 spiro atoms. The first-order chi connectivity index (χ1) is 10.5. The van der Waals surface area contributed by atoms with Crippen LogP contribution in [0.15, 0.2) is 42.5 Å². The molecule has 0 aliphatic carbocycles. The molecule has 0 saturated carbocycles. The maximum atomic E-state index is 12.3. The third-order valence-electron chi connectivity index (χ3n) is 3.29. The molecule has 0 fully saturated rings. The molecule has 0 aromatic heterocycles. The van der Waals surface area contributed by atoms with Gasteiger partial charge in [-0.3, -0.25) is 4.79 Å². The lowest BCUT2D eigenvalue weighted by Gasteiger charge is -2.13. The molecule has 22 heavy (non-hydrogen) atoms. The predicted octanol–water partition coefficient (Wildman–Crippen LogP) is 3.01. The van der Waals surface area contributed by atoms with Crippen molar-refractivity contribution in [2.24, 2.45) is 0 Å². The average molecular weight is 301 g/mol. The van der Waals surface area contributed by atoms with Crippen molar-refractivity contribution in [3.63, 3.8) is 0 Å². The molecule has 0 aliphatic rings. The van der Waals surface area contributed by atoms with Gasteiger partial charge in [-0.05, 0) is 42.8 Å². The molecule has 2 rings (SSSR count). The van der Waals surface area contributed by atoms with E-state index in [0.29, 0.717) is 28.3 Å². The van der Waals surface area contributed by atoms with Gasteiger partial charge in [0.05, 0.1) is 26.0 Å². The summed E-state index contributed by atoms with van der Waals surface area (Å²) in [6, 6.07) is 12.0. The summed E-state index contributed by atoms with van der Waals surface area (Å²) in [7, 11) is 3.07. The summed E-state index contributed by atoms with van der Waals surface area (Å²) in [6.07, 6.45) is -0.627. The fourth-order valence-corrected chi connectivity index (χ4v) is 2.04. The van der Waals surface area contributed by atoms with E-state index in [-0.39, 0.29) is 5.91 Å². The Morgan fingerprint density at radius 1 is 1.14 bits per heavy atom. The number of anilines is 1. The Morgan fingerprint density at radius 3 is 2.55 bits per heavy atom. The Kier molecular flexibility index (Phi) is 5.01. The van der Waals surface area contributed by atoms with Crippen LogP contribution >= 0.6 is 0 Å². The maximum absolute atomic E-state index is 12.3. The number of hydrogen-bond acceptors (Lipinski definition) is 4. The van der Waals surface area contributed by atoms with Crippen LogP contribution in [0.4, 0.5) is 5.69 Å². The number of aliphatic hydroxyl groups is 1. The highest BCUT2D eigenvalue weighted by molar-refractivity contribution is 6.05. The van der Waals surface area contributed by atoms with Gasteiger partial charge in [0.15, 0.2) is 0 Å². The van der Waals surface area contributed by atoms with Crippen LogP contribution in [0.1, 0.15) is 28.9 Å². The molecule has 0 bridgehead atoms. The number of rotatable bonds is 5. The number of methoxy groups -OCH3 is 2. The molecule has 0 radical (unpaired) electrons. The topological polar surface area (TPSA) is 67.8 Å². The minimum Gasteiger partial charge on any atom is -0.497 e. The number of amides is 1. The van der Waals surface area contributed by atoms with Crippen LogP contribution in [0.25, 0.3) is 0 Å². The van der Waals surface area contributed by atoms with E-state index in [0.717, 1.165) is 0 Å². The average Bonchev–Trinajstić information content (AvgIpc) is 2.54. The normalized spacial score (nSPS) is 11.6. The summed E-state index contributed by atoms with van der Waals surface area (Å²) >= 11 is 0. The van der Waals surface area contributed by atoms with Crippen LogP contribution in [0.3, 0.4) is 0 Å². The van der Waals surface area contributed by atoms with Gasteiger partial charge < -0.3 is 19.9 Å². The summed E-state index contributed by atoms with van der Waals surface area (Å²) < 4.78 is 10.4. The van der Waals surface area contributed by atoms with E-state index in [1.54, 1.807) is 56.5 Å². The van der Waals surface area contributed by atoms with Crippen molar-refractivity contribution >= 4 is 11.6 Å². The highest BCUT2D eigenvalue weighted by Gasteiger charge is 2.12. The lowest BCUT2D eigenvalue weighted by atomic mass is 10.1. The Morgan fingerprint density at radius 2 is 1.91 bits per heavy atom. The zero-order chi connectivity index (χ0) is 16.1. The second-order valence-corrected chi connectivity index (χ2v) is 4.82. The third-order valence-corrected chi connectivity index (χ3v) is 3.29. The van der Waals surface area contributed by atoms with Crippen LogP contribution in [-0.4, -0.2) is 25.2 Å².